The van der Waals surface area contributed by atoms with Crippen LogP contribution >= 0.6 is 11.6 Å². The molecule has 2 aromatic rings. The number of phenols is 1. The van der Waals surface area contributed by atoms with Crippen molar-refractivity contribution in [3.8, 4) is 5.75 Å². The Balaban J connectivity index is 1.84. The molecule has 8 heteroatoms. The minimum atomic E-state index is -3.97. The van der Waals surface area contributed by atoms with E-state index in [0.29, 0.717) is 0 Å². The first-order chi connectivity index (χ1) is 11.4. The molecule has 128 valence electrons. The van der Waals surface area contributed by atoms with Gasteiger partial charge in [-0.25, -0.2) is 13.1 Å². The first-order valence-electron chi connectivity index (χ1n) is 7.07. The topological polar surface area (TPSA) is 92.7 Å². The molecule has 6 nitrogen and oxygen atoms in total. The molecular weight excluding hydrogens is 354 g/mol. The number of halogens is 1. The van der Waals surface area contributed by atoms with E-state index in [1.165, 1.54) is 18.2 Å². The van der Waals surface area contributed by atoms with Crippen molar-refractivity contribution < 1.29 is 23.1 Å². The van der Waals surface area contributed by atoms with Gasteiger partial charge in [-0.1, -0.05) is 48.0 Å². The number of carbonyl (C=O) groups is 1. The van der Waals surface area contributed by atoms with Crippen LogP contribution in [0.25, 0.3) is 0 Å². The highest BCUT2D eigenvalue weighted by Gasteiger charge is 2.20. The number of carbonyl (C=O) groups excluding carboxylic acids is 1. The molecule has 0 heterocycles. The lowest BCUT2D eigenvalue weighted by atomic mass is 10.2. The fourth-order valence-electron chi connectivity index (χ4n) is 1.89. The number of hydrogen-bond donors (Lipinski definition) is 2. The molecule has 24 heavy (non-hydrogen) atoms. The first-order valence-corrected chi connectivity index (χ1v) is 8.93. The van der Waals surface area contributed by atoms with Crippen LogP contribution < -0.4 is 4.72 Å². The molecule has 0 radical (unpaired) electrons. The maximum Gasteiger partial charge on any atom is 0.307 e. The molecule has 2 aromatic carbocycles. The summed E-state index contributed by atoms with van der Waals surface area (Å²) in [5.41, 5.74) is 0.843. The number of ether oxygens (including phenoxy) is 1. The largest absolute Gasteiger partial charge is 0.505 e. The maximum atomic E-state index is 12.1. The van der Waals surface area contributed by atoms with Gasteiger partial charge in [-0.05, 0) is 17.7 Å². The van der Waals surface area contributed by atoms with Crippen molar-refractivity contribution in [1.29, 1.82) is 0 Å². The van der Waals surface area contributed by atoms with Gasteiger partial charge in [0.05, 0.1) is 11.4 Å². The number of sulfonamides is 1. The van der Waals surface area contributed by atoms with Crippen LogP contribution in [0.1, 0.15) is 12.0 Å². The molecule has 0 bridgehead atoms. The van der Waals surface area contributed by atoms with Crippen molar-refractivity contribution in [1.82, 2.24) is 4.72 Å². The molecule has 0 spiro atoms. The molecule has 2 rings (SSSR count). The molecule has 0 aliphatic carbocycles. The predicted octanol–water partition coefficient (Wildman–Crippen LogP) is 2.46. The highest BCUT2D eigenvalue weighted by atomic mass is 35.5. The van der Waals surface area contributed by atoms with Gasteiger partial charge in [0.2, 0.25) is 10.0 Å². The molecule has 0 aromatic heterocycles. The van der Waals surface area contributed by atoms with Crippen molar-refractivity contribution in [2.24, 2.45) is 0 Å². The highest BCUT2D eigenvalue weighted by Crippen LogP contribution is 2.30. The van der Waals surface area contributed by atoms with E-state index in [1.807, 2.05) is 30.3 Å². The smallest absolute Gasteiger partial charge is 0.307 e. The van der Waals surface area contributed by atoms with E-state index < -0.39 is 21.7 Å². The Morgan fingerprint density at radius 1 is 1.12 bits per heavy atom. The standard InChI is InChI=1S/C16H16ClNO5S/c17-13-7-4-8-14(16(13)20)24(21,22)18-10-9-15(19)23-11-12-5-2-1-3-6-12/h1-8,18,20H,9-11H2. The van der Waals surface area contributed by atoms with Crippen LogP contribution in [0.4, 0.5) is 0 Å². The van der Waals surface area contributed by atoms with Gasteiger partial charge >= 0.3 is 5.97 Å². The molecule has 0 fully saturated rings. The van der Waals surface area contributed by atoms with Gasteiger partial charge in [0.25, 0.3) is 0 Å². The molecule has 0 unspecified atom stereocenters. The van der Waals surface area contributed by atoms with Crippen molar-refractivity contribution in [3.05, 3.63) is 59.1 Å². The molecule has 0 atom stereocenters. The van der Waals surface area contributed by atoms with Crippen LogP contribution in [0.5, 0.6) is 5.75 Å². The van der Waals surface area contributed by atoms with E-state index in [-0.39, 0.29) is 29.5 Å². The van der Waals surface area contributed by atoms with E-state index >= 15 is 0 Å². The summed E-state index contributed by atoms with van der Waals surface area (Å²) >= 11 is 5.69. The van der Waals surface area contributed by atoms with Crippen LogP contribution in [0, 0.1) is 0 Å². The first kappa shape index (κ1) is 18.3. The van der Waals surface area contributed by atoms with Crippen molar-refractivity contribution in [2.45, 2.75) is 17.9 Å². The summed E-state index contributed by atoms with van der Waals surface area (Å²) in [6.45, 7) is -0.0244. The number of rotatable bonds is 7. The molecule has 0 aliphatic rings. The summed E-state index contributed by atoms with van der Waals surface area (Å²) < 4.78 is 31.4. The number of aromatic hydroxyl groups is 1. The summed E-state index contributed by atoms with van der Waals surface area (Å²) in [5, 5.41) is 9.64. The van der Waals surface area contributed by atoms with Gasteiger partial charge < -0.3 is 9.84 Å². The lowest BCUT2D eigenvalue weighted by molar-refractivity contribution is -0.144. The quantitative estimate of drug-likeness (QED) is 0.731. The minimum absolute atomic E-state index is 0.0693. The van der Waals surface area contributed by atoms with Crippen LogP contribution in [0.2, 0.25) is 5.02 Å². The van der Waals surface area contributed by atoms with Crippen molar-refractivity contribution >= 4 is 27.6 Å². The number of benzene rings is 2. The van der Waals surface area contributed by atoms with Gasteiger partial charge in [0.1, 0.15) is 11.5 Å². The predicted molar refractivity (Wildman–Crippen MR) is 89.2 cm³/mol. The Bertz CT molecular complexity index is 808. The third-order valence-corrected chi connectivity index (χ3v) is 4.90. The molecular formula is C16H16ClNO5S. The fraction of sp³-hybridized carbons (Fsp3) is 0.188. The zero-order valence-electron chi connectivity index (χ0n) is 12.6. The molecule has 0 saturated heterocycles. The summed E-state index contributed by atoms with van der Waals surface area (Å²) in [7, 11) is -3.97. The van der Waals surface area contributed by atoms with E-state index in [4.69, 9.17) is 16.3 Å². The van der Waals surface area contributed by atoms with Crippen molar-refractivity contribution in [2.75, 3.05) is 6.54 Å². The molecule has 2 N–H and O–H groups in total. The van der Waals surface area contributed by atoms with Crippen LogP contribution in [-0.4, -0.2) is 26.0 Å². The van der Waals surface area contributed by atoms with Gasteiger partial charge in [-0.2, -0.15) is 0 Å². The Morgan fingerprint density at radius 3 is 2.54 bits per heavy atom. The molecule has 0 saturated carbocycles. The Morgan fingerprint density at radius 2 is 1.83 bits per heavy atom. The van der Waals surface area contributed by atoms with Crippen LogP contribution in [-0.2, 0) is 26.2 Å². The number of esters is 1. The van der Waals surface area contributed by atoms with Gasteiger partial charge in [-0.3, -0.25) is 4.79 Å². The van der Waals surface area contributed by atoms with E-state index in [1.54, 1.807) is 0 Å². The highest BCUT2D eigenvalue weighted by molar-refractivity contribution is 7.89. The summed E-state index contributed by atoms with van der Waals surface area (Å²) in [4.78, 5) is 11.3. The van der Waals surface area contributed by atoms with Crippen LogP contribution in [0.3, 0.4) is 0 Å². The van der Waals surface area contributed by atoms with E-state index in [9.17, 15) is 18.3 Å². The third-order valence-electron chi connectivity index (χ3n) is 3.10. The average molecular weight is 370 g/mol. The molecule has 0 amide bonds. The number of nitrogens with one attached hydrogen (secondary N) is 1. The second-order valence-corrected chi connectivity index (χ2v) is 7.02. The fourth-order valence-corrected chi connectivity index (χ4v) is 3.27. The zero-order valence-corrected chi connectivity index (χ0v) is 14.2. The van der Waals surface area contributed by atoms with Crippen LogP contribution in [0.15, 0.2) is 53.4 Å². The second kappa shape index (κ2) is 8.14. The number of hydrogen-bond acceptors (Lipinski definition) is 5. The third kappa shape index (κ3) is 4.95. The maximum absolute atomic E-state index is 12.1. The van der Waals surface area contributed by atoms with E-state index in [2.05, 4.69) is 4.72 Å². The Labute approximate surface area is 145 Å². The molecule has 0 aliphatic heterocycles. The number of phenolic OH excluding ortho intramolecular Hbond substituents is 1. The zero-order chi connectivity index (χ0) is 17.6. The lowest BCUT2D eigenvalue weighted by Crippen LogP contribution is -2.26. The summed E-state index contributed by atoms with van der Waals surface area (Å²) in [6.07, 6.45) is -0.132. The summed E-state index contributed by atoms with van der Waals surface area (Å²) in [6, 6.07) is 13.1. The lowest BCUT2D eigenvalue weighted by Gasteiger charge is -2.09. The Hall–Kier alpha value is -2.09. The van der Waals surface area contributed by atoms with E-state index in [0.717, 1.165) is 5.56 Å². The normalized spacial score (nSPS) is 11.2. The number of para-hydroxylation sites is 1. The Kier molecular flexibility index (Phi) is 6.19. The SMILES string of the molecule is O=C(CCNS(=O)(=O)c1cccc(Cl)c1O)OCc1ccccc1. The van der Waals surface area contributed by atoms with Gasteiger partial charge in [0.15, 0.2) is 5.75 Å². The summed E-state index contributed by atoms with van der Waals surface area (Å²) in [5.74, 6) is -1.06. The average Bonchev–Trinajstić information content (AvgIpc) is 2.56. The van der Waals surface area contributed by atoms with Gasteiger partial charge in [0, 0.05) is 6.54 Å². The monoisotopic (exact) mass is 369 g/mol. The second-order valence-electron chi connectivity index (χ2n) is 4.88. The van der Waals surface area contributed by atoms with Crippen molar-refractivity contribution in [3.63, 3.8) is 0 Å². The van der Waals surface area contributed by atoms with Gasteiger partial charge in [-0.15, -0.1) is 0 Å². The minimum Gasteiger partial charge on any atom is -0.505 e.